The van der Waals surface area contributed by atoms with E-state index in [1.807, 2.05) is 50.2 Å². The molecule has 1 fully saturated rings. The minimum atomic E-state index is -3.09. The smallest absolute Gasteiger partial charge is 0.276 e. The van der Waals surface area contributed by atoms with E-state index < -0.39 is 9.84 Å². The summed E-state index contributed by atoms with van der Waals surface area (Å²) in [6, 6.07) is 15.3. The zero-order valence-electron chi connectivity index (χ0n) is 18.1. The summed E-state index contributed by atoms with van der Waals surface area (Å²) in [5, 5.41) is 7.45. The molecular weight excluding hydrogens is 410 g/mol. The second-order valence-corrected chi connectivity index (χ2v) is 10.4. The number of sulfone groups is 1. The van der Waals surface area contributed by atoms with Crippen LogP contribution in [0.25, 0.3) is 11.3 Å². The molecule has 0 bridgehead atoms. The van der Waals surface area contributed by atoms with Crippen molar-refractivity contribution < 1.29 is 13.2 Å². The monoisotopic (exact) mass is 437 g/mol. The van der Waals surface area contributed by atoms with Crippen LogP contribution in [0.3, 0.4) is 0 Å². The molecule has 3 aromatic rings. The van der Waals surface area contributed by atoms with Crippen molar-refractivity contribution >= 4 is 21.4 Å². The number of anilines is 1. The largest absolute Gasteiger partial charge is 0.321 e. The molecule has 6 nitrogen and oxygen atoms in total. The van der Waals surface area contributed by atoms with Crippen molar-refractivity contribution in [3.8, 4) is 11.3 Å². The lowest BCUT2D eigenvalue weighted by molar-refractivity contribution is 0.102. The van der Waals surface area contributed by atoms with Crippen molar-refractivity contribution in [1.82, 2.24) is 9.78 Å². The standard InChI is InChI=1S/C24H27N3O3S/c1-4-18-6-9-20(10-7-18)25-24(28)22-14-23(19-8-5-16(2)17(3)13-19)27(26-22)21-11-12-31(29,30)15-21/h5-10,13-14,21H,4,11-12,15H2,1-3H3,(H,25,28)/t21-/m0/s1. The number of rotatable bonds is 5. The van der Waals surface area contributed by atoms with Crippen molar-refractivity contribution in [2.75, 3.05) is 16.8 Å². The molecule has 1 atom stereocenters. The molecule has 1 aliphatic rings. The summed E-state index contributed by atoms with van der Waals surface area (Å²) < 4.78 is 25.9. The van der Waals surface area contributed by atoms with Gasteiger partial charge in [-0.25, -0.2) is 8.42 Å². The van der Waals surface area contributed by atoms with E-state index in [1.54, 1.807) is 10.7 Å². The molecule has 0 radical (unpaired) electrons. The van der Waals surface area contributed by atoms with E-state index in [0.29, 0.717) is 12.1 Å². The Bertz CT molecular complexity index is 1230. The molecule has 7 heteroatoms. The van der Waals surface area contributed by atoms with Gasteiger partial charge in [-0.05, 0) is 67.6 Å². The van der Waals surface area contributed by atoms with E-state index in [0.717, 1.165) is 23.2 Å². The molecule has 0 aliphatic carbocycles. The number of hydrogen-bond acceptors (Lipinski definition) is 4. The van der Waals surface area contributed by atoms with E-state index in [4.69, 9.17) is 0 Å². The molecular formula is C24H27N3O3S. The number of amides is 1. The first-order valence-corrected chi connectivity index (χ1v) is 12.4. The van der Waals surface area contributed by atoms with Gasteiger partial charge in [0.15, 0.2) is 15.5 Å². The summed E-state index contributed by atoms with van der Waals surface area (Å²) in [4.78, 5) is 12.9. The van der Waals surface area contributed by atoms with Gasteiger partial charge >= 0.3 is 0 Å². The van der Waals surface area contributed by atoms with Gasteiger partial charge in [0, 0.05) is 11.3 Å². The second kappa shape index (κ2) is 8.30. The Balaban J connectivity index is 1.69. The topological polar surface area (TPSA) is 81.1 Å². The molecule has 0 unspecified atom stereocenters. The summed E-state index contributed by atoms with van der Waals surface area (Å²) >= 11 is 0. The average Bonchev–Trinajstić information content (AvgIpc) is 3.34. The van der Waals surface area contributed by atoms with Crippen molar-refractivity contribution in [3.05, 3.63) is 70.9 Å². The minimum Gasteiger partial charge on any atom is -0.321 e. The molecule has 1 N–H and O–H groups in total. The fourth-order valence-electron chi connectivity index (χ4n) is 3.89. The normalized spacial score (nSPS) is 17.6. The number of aryl methyl sites for hydroxylation is 3. The molecule has 1 aliphatic heterocycles. The number of nitrogens with zero attached hydrogens (tertiary/aromatic N) is 2. The number of carbonyl (C=O) groups excluding carboxylic acids is 1. The summed E-state index contributed by atoms with van der Waals surface area (Å²) in [7, 11) is -3.09. The third kappa shape index (κ3) is 4.56. The van der Waals surface area contributed by atoms with Crippen LogP contribution in [0.1, 0.15) is 46.6 Å². The molecule has 31 heavy (non-hydrogen) atoms. The Hall–Kier alpha value is -2.93. The van der Waals surface area contributed by atoms with Gasteiger partial charge in [-0.1, -0.05) is 31.2 Å². The van der Waals surface area contributed by atoms with Crippen molar-refractivity contribution in [2.45, 2.75) is 39.7 Å². The Morgan fingerprint density at radius 1 is 1.10 bits per heavy atom. The molecule has 1 saturated heterocycles. The van der Waals surface area contributed by atoms with Crippen LogP contribution in [-0.2, 0) is 16.3 Å². The van der Waals surface area contributed by atoms with Gasteiger partial charge in [0.2, 0.25) is 0 Å². The van der Waals surface area contributed by atoms with E-state index in [2.05, 4.69) is 23.4 Å². The number of carbonyl (C=O) groups is 1. The molecule has 1 aromatic heterocycles. The van der Waals surface area contributed by atoms with E-state index >= 15 is 0 Å². The van der Waals surface area contributed by atoms with Crippen LogP contribution in [0.15, 0.2) is 48.5 Å². The van der Waals surface area contributed by atoms with Crippen molar-refractivity contribution in [2.24, 2.45) is 0 Å². The highest BCUT2D eigenvalue weighted by Crippen LogP contribution is 2.31. The lowest BCUT2D eigenvalue weighted by Gasteiger charge is -2.14. The molecule has 0 spiro atoms. The predicted octanol–water partition coefficient (Wildman–Crippen LogP) is 4.34. The van der Waals surface area contributed by atoms with Crippen LogP contribution in [0.4, 0.5) is 5.69 Å². The summed E-state index contributed by atoms with van der Waals surface area (Å²) in [5.41, 5.74) is 6.16. The van der Waals surface area contributed by atoms with Crippen LogP contribution >= 0.6 is 0 Å². The van der Waals surface area contributed by atoms with Crippen molar-refractivity contribution in [1.29, 1.82) is 0 Å². The molecule has 4 rings (SSSR count). The lowest BCUT2D eigenvalue weighted by atomic mass is 10.0. The molecule has 0 saturated carbocycles. The van der Waals surface area contributed by atoms with Gasteiger partial charge < -0.3 is 5.32 Å². The summed E-state index contributed by atoms with van der Waals surface area (Å²) in [6.07, 6.45) is 1.43. The highest BCUT2D eigenvalue weighted by Gasteiger charge is 2.32. The number of aromatic nitrogens is 2. The Morgan fingerprint density at radius 2 is 1.84 bits per heavy atom. The van der Waals surface area contributed by atoms with Crippen LogP contribution in [0.5, 0.6) is 0 Å². The van der Waals surface area contributed by atoms with Gasteiger partial charge in [-0.3, -0.25) is 9.48 Å². The Morgan fingerprint density at radius 3 is 2.45 bits per heavy atom. The van der Waals surface area contributed by atoms with Gasteiger partial charge in [-0.2, -0.15) is 5.10 Å². The zero-order valence-corrected chi connectivity index (χ0v) is 18.9. The van der Waals surface area contributed by atoms with Gasteiger partial charge in [0.25, 0.3) is 5.91 Å². The van der Waals surface area contributed by atoms with E-state index in [1.165, 1.54) is 11.1 Å². The van der Waals surface area contributed by atoms with E-state index in [9.17, 15) is 13.2 Å². The fourth-order valence-corrected chi connectivity index (χ4v) is 5.58. The highest BCUT2D eigenvalue weighted by atomic mass is 32.2. The maximum atomic E-state index is 12.9. The zero-order chi connectivity index (χ0) is 22.2. The Kier molecular flexibility index (Phi) is 5.71. The Labute approximate surface area is 183 Å². The SMILES string of the molecule is CCc1ccc(NC(=O)c2cc(-c3ccc(C)c(C)c3)n([C@H]3CCS(=O)(=O)C3)n2)cc1. The quantitative estimate of drug-likeness (QED) is 0.644. The van der Waals surface area contributed by atoms with Crippen LogP contribution in [0, 0.1) is 13.8 Å². The highest BCUT2D eigenvalue weighted by molar-refractivity contribution is 7.91. The van der Waals surface area contributed by atoms with Crippen LogP contribution in [0.2, 0.25) is 0 Å². The molecule has 162 valence electrons. The van der Waals surface area contributed by atoms with Crippen molar-refractivity contribution in [3.63, 3.8) is 0 Å². The van der Waals surface area contributed by atoms with Gasteiger partial charge in [0.05, 0.1) is 23.2 Å². The average molecular weight is 438 g/mol. The van der Waals surface area contributed by atoms with Gasteiger partial charge in [-0.15, -0.1) is 0 Å². The van der Waals surface area contributed by atoms with Gasteiger partial charge in [0.1, 0.15) is 0 Å². The maximum absolute atomic E-state index is 12.9. The maximum Gasteiger partial charge on any atom is 0.276 e. The van der Waals surface area contributed by atoms with Crippen LogP contribution in [-0.4, -0.2) is 35.6 Å². The predicted molar refractivity (Wildman–Crippen MR) is 123 cm³/mol. The fraction of sp³-hybridized carbons (Fsp3) is 0.333. The molecule has 1 amide bonds. The number of benzene rings is 2. The third-order valence-electron chi connectivity index (χ3n) is 5.95. The first-order valence-electron chi connectivity index (χ1n) is 10.5. The minimum absolute atomic E-state index is 0.0477. The molecule has 2 heterocycles. The first-order chi connectivity index (χ1) is 14.8. The lowest BCUT2D eigenvalue weighted by Crippen LogP contribution is -2.16. The molecule has 2 aromatic carbocycles. The summed E-state index contributed by atoms with van der Waals surface area (Å²) in [6.45, 7) is 6.16. The third-order valence-corrected chi connectivity index (χ3v) is 7.70. The first kappa shape index (κ1) is 21.3. The number of hydrogen-bond donors (Lipinski definition) is 1. The second-order valence-electron chi connectivity index (χ2n) is 8.22. The summed E-state index contributed by atoms with van der Waals surface area (Å²) in [5.74, 6) is -0.115. The van der Waals surface area contributed by atoms with Crippen LogP contribution < -0.4 is 5.32 Å². The van der Waals surface area contributed by atoms with E-state index in [-0.39, 0.29) is 29.1 Å². The number of nitrogens with one attached hydrogen (secondary N) is 1.